The Morgan fingerprint density at radius 1 is 1.56 bits per heavy atom. The molecule has 0 aromatic heterocycles. The summed E-state index contributed by atoms with van der Waals surface area (Å²) in [5.74, 6) is 0. The standard InChI is InChI=1S/C12H14BrN3/c13-10-2-1-3-12(8-10)16-7-4-11(9-16)15-6-5-14/h1-3,8,11,15H,4,6-7,9H2. The van der Waals surface area contributed by atoms with E-state index >= 15 is 0 Å². The molecule has 1 fully saturated rings. The second-order valence-electron chi connectivity index (χ2n) is 3.95. The smallest absolute Gasteiger partial charge is 0.0843 e. The molecule has 1 atom stereocenters. The predicted octanol–water partition coefficient (Wildman–Crippen LogP) is 2.14. The average Bonchev–Trinajstić information content (AvgIpc) is 2.75. The van der Waals surface area contributed by atoms with Gasteiger partial charge in [-0.25, -0.2) is 0 Å². The number of anilines is 1. The van der Waals surface area contributed by atoms with Crippen molar-refractivity contribution in [3.05, 3.63) is 28.7 Å². The lowest BCUT2D eigenvalue weighted by Gasteiger charge is -2.18. The van der Waals surface area contributed by atoms with E-state index in [1.54, 1.807) is 0 Å². The summed E-state index contributed by atoms with van der Waals surface area (Å²) in [5, 5.41) is 11.7. The second kappa shape index (κ2) is 5.33. The van der Waals surface area contributed by atoms with Crippen LogP contribution in [-0.2, 0) is 0 Å². The zero-order valence-electron chi connectivity index (χ0n) is 8.99. The maximum absolute atomic E-state index is 8.51. The van der Waals surface area contributed by atoms with Crippen LogP contribution in [0, 0.1) is 11.3 Å². The molecule has 1 N–H and O–H groups in total. The van der Waals surface area contributed by atoms with E-state index < -0.39 is 0 Å². The molecule has 1 unspecified atom stereocenters. The number of nitriles is 1. The van der Waals surface area contributed by atoms with Crippen LogP contribution < -0.4 is 10.2 Å². The Bertz CT molecular complexity index is 399. The first-order chi connectivity index (χ1) is 7.79. The summed E-state index contributed by atoms with van der Waals surface area (Å²) in [6, 6.07) is 10.9. The topological polar surface area (TPSA) is 39.1 Å². The molecule has 1 heterocycles. The molecular weight excluding hydrogens is 266 g/mol. The van der Waals surface area contributed by atoms with Gasteiger partial charge in [-0.3, -0.25) is 5.32 Å². The molecule has 0 spiro atoms. The van der Waals surface area contributed by atoms with Gasteiger partial charge >= 0.3 is 0 Å². The first-order valence-corrected chi connectivity index (χ1v) is 6.20. The quantitative estimate of drug-likeness (QED) is 0.862. The average molecular weight is 280 g/mol. The van der Waals surface area contributed by atoms with Crippen molar-refractivity contribution in [3.8, 4) is 6.07 Å². The summed E-state index contributed by atoms with van der Waals surface area (Å²) in [6.07, 6.45) is 1.11. The summed E-state index contributed by atoms with van der Waals surface area (Å²) in [5.41, 5.74) is 1.25. The molecule has 0 bridgehead atoms. The van der Waals surface area contributed by atoms with Gasteiger partial charge in [0, 0.05) is 29.3 Å². The first kappa shape index (κ1) is 11.4. The van der Waals surface area contributed by atoms with Gasteiger partial charge in [0.25, 0.3) is 0 Å². The maximum Gasteiger partial charge on any atom is 0.0843 e. The van der Waals surface area contributed by atoms with Gasteiger partial charge in [0.05, 0.1) is 12.6 Å². The summed E-state index contributed by atoms with van der Waals surface area (Å²) in [4.78, 5) is 2.35. The Morgan fingerprint density at radius 2 is 2.44 bits per heavy atom. The Labute approximate surface area is 104 Å². The van der Waals surface area contributed by atoms with Crippen molar-refractivity contribution in [1.82, 2.24) is 5.32 Å². The molecule has 1 aromatic rings. The number of benzene rings is 1. The van der Waals surface area contributed by atoms with Crippen molar-refractivity contribution in [1.29, 1.82) is 5.26 Å². The number of hydrogen-bond acceptors (Lipinski definition) is 3. The van der Waals surface area contributed by atoms with E-state index in [0.29, 0.717) is 12.6 Å². The van der Waals surface area contributed by atoms with Crippen molar-refractivity contribution >= 4 is 21.6 Å². The fourth-order valence-electron chi connectivity index (χ4n) is 2.02. The third kappa shape index (κ3) is 2.75. The third-order valence-corrected chi connectivity index (χ3v) is 3.32. The van der Waals surface area contributed by atoms with Crippen LogP contribution in [0.4, 0.5) is 5.69 Å². The van der Waals surface area contributed by atoms with Gasteiger partial charge in [0.15, 0.2) is 0 Å². The van der Waals surface area contributed by atoms with Crippen molar-refractivity contribution in [3.63, 3.8) is 0 Å². The van der Waals surface area contributed by atoms with Gasteiger partial charge in [-0.1, -0.05) is 22.0 Å². The molecular formula is C12H14BrN3. The predicted molar refractivity (Wildman–Crippen MR) is 68.4 cm³/mol. The van der Waals surface area contributed by atoms with Crippen LogP contribution in [0.15, 0.2) is 28.7 Å². The lowest BCUT2D eigenvalue weighted by Crippen LogP contribution is -2.32. The molecule has 0 amide bonds. The highest BCUT2D eigenvalue weighted by Gasteiger charge is 2.21. The third-order valence-electron chi connectivity index (χ3n) is 2.83. The largest absolute Gasteiger partial charge is 0.370 e. The summed E-state index contributed by atoms with van der Waals surface area (Å²) in [7, 11) is 0. The van der Waals surface area contributed by atoms with E-state index in [-0.39, 0.29) is 0 Å². The van der Waals surface area contributed by atoms with Gasteiger partial charge in [-0.05, 0) is 24.6 Å². The molecule has 0 radical (unpaired) electrons. The zero-order chi connectivity index (χ0) is 11.4. The Balaban J connectivity index is 1.96. The molecule has 3 nitrogen and oxygen atoms in total. The van der Waals surface area contributed by atoms with E-state index in [4.69, 9.17) is 5.26 Å². The van der Waals surface area contributed by atoms with Crippen LogP contribution in [0.5, 0.6) is 0 Å². The van der Waals surface area contributed by atoms with Crippen molar-refractivity contribution in [2.24, 2.45) is 0 Å². The van der Waals surface area contributed by atoms with E-state index in [2.05, 4.69) is 50.4 Å². The summed E-state index contributed by atoms with van der Waals surface area (Å²) >= 11 is 3.48. The number of nitrogens with one attached hydrogen (secondary N) is 1. The second-order valence-corrected chi connectivity index (χ2v) is 4.87. The van der Waals surface area contributed by atoms with Crippen LogP contribution >= 0.6 is 15.9 Å². The Morgan fingerprint density at radius 3 is 3.19 bits per heavy atom. The van der Waals surface area contributed by atoms with Gasteiger partial charge in [-0.15, -0.1) is 0 Å². The van der Waals surface area contributed by atoms with Crippen LogP contribution in [0.1, 0.15) is 6.42 Å². The molecule has 1 aliphatic rings. The fraction of sp³-hybridized carbons (Fsp3) is 0.417. The fourth-order valence-corrected chi connectivity index (χ4v) is 2.41. The molecule has 1 aromatic carbocycles. The first-order valence-electron chi connectivity index (χ1n) is 5.40. The minimum Gasteiger partial charge on any atom is -0.370 e. The van der Waals surface area contributed by atoms with Crippen molar-refractivity contribution < 1.29 is 0 Å². The highest BCUT2D eigenvalue weighted by molar-refractivity contribution is 9.10. The highest BCUT2D eigenvalue weighted by atomic mass is 79.9. The molecule has 16 heavy (non-hydrogen) atoms. The van der Waals surface area contributed by atoms with Crippen molar-refractivity contribution in [2.45, 2.75) is 12.5 Å². The normalized spacial score (nSPS) is 19.8. The monoisotopic (exact) mass is 279 g/mol. The Hall–Kier alpha value is -1.05. The van der Waals surface area contributed by atoms with Gasteiger partial charge in [-0.2, -0.15) is 5.26 Å². The van der Waals surface area contributed by atoms with Crippen LogP contribution in [0.3, 0.4) is 0 Å². The molecule has 1 saturated heterocycles. The number of nitrogens with zero attached hydrogens (tertiary/aromatic N) is 2. The Kier molecular flexibility index (Phi) is 3.81. The minimum atomic E-state index is 0.441. The van der Waals surface area contributed by atoms with Crippen LogP contribution in [-0.4, -0.2) is 25.7 Å². The molecule has 0 aliphatic carbocycles. The maximum atomic E-state index is 8.51. The molecule has 2 rings (SSSR count). The summed E-state index contributed by atoms with van der Waals surface area (Å²) < 4.78 is 1.11. The lowest BCUT2D eigenvalue weighted by atomic mass is 10.2. The highest BCUT2D eigenvalue weighted by Crippen LogP contribution is 2.23. The molecule has 84 valence electrons. The number of halogens is 1. The van der Waals surface area contributed by atoms with E-state index in [9.17, 15) is 0 Å². The van der Waals surface area contributed by atoms with Crippen LogP contribution in [0.25, 0.3) is 0 Å². The molecule has 4 heteroatoms. The minimum absolute atomic E-state index is 0.441. The zero-order valence-corrected chi connectivity index (χ0v) is 10.6. The van der Waals surface area contributed by atoms with Gasteiger partial charge in [0.2, 0.25) is 0 Å². The molecule has 0 saturated carbocycles. The van der Waals surface area contributed by atoms with E-state index in [1.165, 1.54) is 5.69 Å². The van der Waals surface area contributed by atoms with Gasteiger partial charge < -0.3 is 4.90 Å². The SMILES string of the molecule is N#CCNC1CCN(c2cccc(Br)c2)C1. The van der Waals surface area contributed by atoms with Crippen LogP contribution in [0.2, 0.25) is 0 Å². The summed E-state index contributed by atoms with van der Waals surface area (Å²) in [6.45, 7) is 2.48. The molecule has 1 aliphatic heterocycles. The van der Waals surface area contributed by atoms with Gasteiger partial charge in [0.1, 0.15) is 0 Å². The van der Waals surface area contributed by atoms with E-state index in [1.807, 2.05) is 6.07 Å². The lowest BCUT2D eigenvalue weighted by molar-refractivity contribution is 0.591. The number of hydrogen-bond donors (Lipinski definition) is 1. The van der Waals surface area contributed by atoms with Crippen molar-refractivity contribution in [2.75, 3.05) is 24.5 Å². The van der Waals surface area contributed by atoms with E-state index in [0.717, 1.165) is 24.0 Å². The number of rotatable bonds is 3.